The van der Waals surface area contributed by atoms with Gasteiger partial charge in [-0.2, -0.15) is 0 Å². The van der Waals surface area contributed by atoms with Gasteiger partial charge in [-0.15, -0.1) is 0 Å². The van der Waals surface area contributed by atoms with Crippen molar-refractivity contribution in [3.8, 4) is 0 Å². The number of aromatic nitrogens is 1. The summed E-state index contributed by atoms with van der Waals surface area (Å²) in [7, 11) is 0. The van der Waals surface area contributed by atoms with Crippen molar-refractivity contribution in [2.75, 3.05) is 16.8 Å². The van der Waals surface area contributed by atoms with E-state index in [9.17, 15) is 9.59 Å². The Bertz CT molecular complexity index is 670. The third kappa shape index (κ3) is 2.76. The van der Waals surface area contributed by atoms with Gasteiger partial charge in [0.25, 0.3) is 5.91 Å². The Morgan fingerprint density at radius 2 is 1.95 bits per heavy atom. The fourth-order valence-corrected chi connectivity index (χ4v) is 2.40. The average Bonchev–Trinajstić information content (AvgIpc) is 2.95. The fraction of sp³-hybridized carbons (Fsp3) is 0.188. The number of benzene rings is 1. The summed E-state index contributed by atoms with van der Waals surface area (Å²) in [4.78, 5) is 29.8. The van der Waals surface area contributed by atoms with Crippen LogP contribution >= 0.6 is 0 Å². The molecular formula is C16H15N3O2. The summed E-state index contributed by atoms with van der Waals surface area (Å²) in [5.41, 5.74) is 1.72. The van der Waals surface area contributed by atoms with Crippen LogP contribution in [0.15, 0.2) is 48.7 Å². The van der Waals surface area contributed by atoms with Crippen LogP contribution in [-0.2, 0) is 4.79 Å². The lowest BCUT2D eigenvalue weighted by atomic mass is 10.2. The molecule has 2 amide bonds. The van der Waals surface area contributed by atoms with Gasteiger partial charge in [0.05, 0.1) is 11.4 Å². The van der Waals surface area contributed by atoms with Gasteiger partial charge in [-0.3, -0.25) is 14.6 Å². The van der Waals surface area contributed by atoms with Crippen LogP contribution in [0.4, 0.5) is 11.4 Å². The van der Waals surface area contributed by atoms with Gasteiger partial charge >= 0.3 is 0 Å². The number of carbonyl (C=O) groups excluding carboxylic acids is 2. The molecule has 2 heterocycles. The van der Waals surface area contributed by atoms with Crippen LogP contribution in [-0.4, -0.2) is 23.3 Å². The molecule has 0 unspecified atom stereocenters. The molecule has 1 saturated heterocycles. The predicted octanol–water partition coefficient (Wildman–Crippen LogP) is 2.46. The number of nitrogens with zero attached hydrogens (tertiary/aromatic N) is 2. The normalized spacial score (nSPS) is 14.3. The third-order valence-corrected chi connectivity index (χ3v) is 3.41. The van der Waals surface area contributed by atoms with Crippen molar-refractivity contribution in [2.45, 2.75) is 12.8 Å². The van der Waals surface area contributed by atoms with Crippen molar-refractivity contribution in [3.63, 3.8) is 0 Å². The van der Waals surface area contributed by atoms with Gasteiger partial charge in [0, 0.05) is 19.2 Å². The molecule has 106 valence electrons. The number of hydrogen-bond donors (Lipinski definition) is 1. The molecule has 0 bridgehead atoms. The van der Waals surface area contributed by atoms with Gasteiger partial charge in [0.15, 0.2) is 0 Å². The Hall–Kier alpha value is -2.69. The lowest BCUT2D eigenvalue weighted by Crippen LogP contribution is -2.25. The van der Waals surface area contributed by atoms with Crippen molar-refractivity contribution in [2.24, 2.45) is 0 Å². The molecule has 1 aliphatic rings. The first-order valence-electron chi connectivity index (χ1n) is 6.87. The fourth-order valence-electron chi connectivity index (χ4n) is 2.40. The van der Waals surface area contributed by atoms with Crippen LogP contribution in [0.25, 0.3) is 0 Å². The van der Waals surface area contributed by atoms with Crippen LogP contribution in [0.2, 0.25) is 0 Å². The molecule has 2 aromatic rings. The van der Waals surface area contributed by atoms with E-state index in [4.69, 9.17) is 0 Å². The maximum Gasteiger partial charge on any atom is 0.274 e. The molecule has 5 nitrogen and oxygen atoms in total. The smallest absolute Gasteiger partial charge is 0.274 e. The van der Waals surface area contributed by atoms with Gasteiger partial charge in [-0.05, 0) is 30.7 Å². The van der Waals surface area contributed by atoms with E-state index < -0.39 is 0 Å². The summed E-state index contributed by atoms with van der Waals surface area (Å²) >= 11 is 0. The van der Waals surface area contributed by atoms with Crippen molar-refractivity contribution < 1.29 is 9.59 Å². The van der Waals surface area contributed by atoms with Crippen LogP contribution in [0.3, 0.4) is 0 Å². The zero-order valence-electron chi connectivity index (χ0n) is 11.5. The molecule has 1 fully saturated rings. The second-order valence-electron chi connectivity index (χ2n) is 4.84. The Labute approximate surface area is 122 Å². The van der Waals surface area contributed by atoms with E-state index >= 15 is 0 Å². The lowest BCUT2D eigenvalue weighted by molar-refractivity contribution is -0.117. The maximum absolute atomic E-state index is 12.2. The van der Waals surface area contributed by atoms with Gasteiger partial charge < -0.3 is 10.2 Å². The molecule has 3 rings (SSSR count). The highest BCUT2D eigenvalue weighted by Gasteiger charge is 2.24. The molecule has 0 saturated carbocycles. The molecular weight excluding hydrogens is 266 g/mol. The number of amides is 2. The highest BCUT2D eigenvalue weighted by atomic mass is 16.2. The summed E-state index contributed by atoms with van der Waals surface area (Å²) in [5, 5.41) is 2.83. The molecule has 1 aliphatic heterocycles. The van der Waals surface area contributed by atoms with Crippen molar-refractivity contribution in [1.29, 1.82) is 0 Å². The number of pyridine rings is 1. The first-order chi connectivity index (χ1) is 10.3. The van der Waals surface area contributed by atoms with E-state index in [1.807, 2.05) is 18.2 Å². The number of hydrogen-bond acceptors (Lipinski definition) is 3. The van der Waals surface area contributed by atoms with E-state index in [1.165, 1.54) is 0 Å². The number of carbonyl (C=O) groups is 2. The van der Waals surface area contributed by atoms with Gasteiger partial charge in [0.2, 0.25) is 5.91 Å². The van der Waals surface area contributed by atoms with E-state index in [1.54, 1.807) is 35.4 Å². The topological polar surface area (TPSA) is 62.3 Å². The van der Waals surface area contributed by atoms with E-state index in [0.29, 0.717) is 24.3 Å². The first kappa shape index (κ1) is 13.3. The summed E-state index contributed by atoms with van der Waals surface area (Å²) in [6.45, 7) is 0.690. The standard InChI is InChI=1S/C16H15N3O2/c20-15-9-5-11-19(15)14-8-2-1-6-12(14)18-16(21)13-7-3-4-10-17-13/h1-4,6-8,10H,5,9,11H2,(H,18,21). The summed E-state index contributed by atoms with van der Waals surface area (Å²) in [5.74, 6) is -0.191. The third-order valence-electron chi connectivity index (χ3n) is 3.41. The Kier molecular flexibility index (Phi) is 3.64. The largest absolute Gasteiger partial charge is 0.319 e. The second kappa shape index (κ2) is 5.75. The van der Waals surface area contributed by atoms with E-state index in [-0.39, 0.29) is 11.8 Å². The molecule has 21 heavy (non-hydrogen) atoms. The molecule has 1 aromatic carbocycles. The summed E-state index contributed by atoms with van der Waals surface area (Å²) in [6.07, 6.45) is 2.98. The maximum atomic E-state index is 12.2. The minimum absolute atomic E-state index is 0.0922. The molecule has 0 spiro atoms. The second-order valence-corrected chi connectivity index (χ2v) is 4.84. The van der Waals surface area contributed by atoms with Crippen LogP contribution < -0.4 is 10.2 Å². The molecule has 1 N–H and O–H groups in total. The predicted molar refractivity (Wildman–Crippen MR) is 80.2 cm³/mol. The number of para-hydroxylation sites is 2. The Morgan fingerprint density at radius 1 is 1.14 bits per heavy atom. The number of nitrogens with one attached hydrogen (secondary N) is 1. The zero-order chi connectivity index (χ0) is 14.7. The highest BCUT2D eigenvalue weighted by molar-refractivity contribution is 6.07. The van der Waals surface area contributed by atoms with E-state index in [2.05, 4.69) is 10.3 Å². The SMILES string of the molecule is O=C(Nc1ccccc1N1CCCC1=O)c1ccccn1. The van der Waals surface area contributed by atoms with E-state index in [0.717, 1.165) is 12.1 Å². The molecule has 1 aromatic heterocycles. The molecule has 5 heteroatoms. The molecule has 0 radical (unpaired) electrons. The van der Waals surface area contributed by atoms with Crippen molar-refractivity contribution in [1.82, 2.24) is 4.98 Å². The van der Waals surface area contributed by atoms with Crippen molar-refractivity contribution in [3.05, 3.63) is 54.4 Å². The zero-order valence-corrected chi connectivity index (χ0v) is 11.5. The first-order valence-corrected chi connectivity index (χ1v) is 6.87. The number of rotatable bonds is 3. The Balaban J connectivity index is 1.86. The average molecular weight is 281 g/mol. The van der Waals surface area contributed by atoms with Crippen molar-refractivity contribution >= 4 is 23.2 Å². The lowest BCUT2D eigenvalue weighted by Gasteiger charge is -2.19. The summed E-state index contributed by atoms with van der Waals surface area (Å²) in [6, 6.07) is 12.5. The molecule has 0 aliphatic carbocycles. The van der Waals surface area contributed by atoms with Gasteiger partial charge in [-0.1, -0.05) is 18.2 Å². The van der Waals surface area contributed by atoms with Crippen LogP contribution in [0, 0.1) is 0 Å². The van der Waals surface area contributed by atoms with Gasteiger partial charge in [-0.25, -0.2) is 0 Å². The minimum atomic E-state index is -0.283. The number of anilines is 2. The minimum Gasteiger partial charge on any atom is -0.319 e. The molecule has 0 atom stereocenters. The Morgan fingerprint density at radius 3 is 2.67 bits per heavy atom. The highest BCUT2D eigenvalue weighted by Crippen LogP contribution is 2.29. The summed E-state index contributed by atoms with van der Waals surface area (Å²) < 4.78 is 0. The quantitative estimate of drug-likeness (QED) is 0.940. The van der Waals surface area contributed by atoms with Crippen LogP contribution in [0.5, 0.6) is 0 Å². The monoisotopic (exact) mass is 281 g/mol. The van der Waals surface area contributed by atoms with Gasteiger partial charge in [0.1, 0.15) is 5.69 Å². The van der Waals surface area contributed by atoms with Crippen LogP contribution in [0.1, 0.15) is 23.3 Å².